The second kappa shape index (κ2) is 6.91. The molecule has 0 radical (unpaired) electrons. The lowest BCUT2D eigenvalue weighted by molar-refractivity contribution is -0.123. The lowest BCUT2D eigenvalue weighted by Gasteiger charge is -2.50. The van der Waals surface area contributed by atoms with Crippen LogP contribution in [0.4, 0.5) is 5.69 Å². The molecule has 0 saturated carbocycles. The highest BCUT2D eigenvalue weighted by atomic mass is 16.2. The van der Waals surface area contributed by atoms with Crippen molar-refractivity contribution in [3.05, 3.63) is 29.3 Å². The number of hydrazine groups is 1. The number of unbranched alkanes of at least 4 members (excludes halogenated alkanes) is 1. The molecule has 1 aromatic carbocycles. The Hall–Kier alpha value is -1.55. The molecule has 0 fully saturated rings. The van der Waals surface area contributed by atoms with E-state index in [4.69, 9.17) is 5.84 Å². The number of nitrogens with two attached hydrogens (primary N) is 1. The van der Waals surface area contributed by atoms with Crippen LogP contribution in [0, 0.1) is 6.92 Å². The van der Waals surface area contributed by atoms with Gasteiger partial charge >= 0.3 is 0 Å². The van der Waals surface area contributed by atoms with Gasteiger partial charge in [-0.3, -0.25) is 10.2 Å². The predicted octanol–water partition coefficient (Wildman–Crippen LogP) is 3.64. The summed E-state index contributed by atoms with van der Waals surface area (Å²) in [5.74, 6) is 5.88. The zero-order chi connectivity index (χ0) is 17.2. The smallest absolute Gasteiger partial charge is 0.256 e. The van der Waals surface area contributed by atoms with Gasteiger partial charge in [-0.1, -0.05) is 44.4 Å². The molecule has 2 atom stereocenters. The first kappa shape index (κ1) is 17.8. The number of hydrogen-bond donors (Lipinski definition) is 2. The maximum Gasteiger partial charge on any atom is 0.256 e. The highest BCUT2D eigenvalue weighted by Gasteiger charge is 2.41. The Morgan fingerprint density at radius 1 is 1.48 bits per heavy atom. The van der Waals surface area contributed by atoms with Crippen LogP contribution in [0.1, 0.15) is 70.4 Å². The van der Waals surface area contributed by atoms with Crippen molar-refractivity contribution in [2.45, 2.75) is 77.8 Å². The van der Waals surface area contributed by atoms with Crippen LogP contribution in [-0.2, 0) is 4.79 Å². The summed E-state index contributed by atoms with van der Waals surface area (Å²) < 4.78 is 0. The van der Waals surface area contributed by atoms with Crippen LogP contribution >= 0.6 is 0 Å². The second-order valence-corrected chi connectivity index (χ2v) is 7.52. The largest absolute Gasteiger partial charge is 0.354 e. The molecule has 23 heavy (non-hydrogen) atoms. The third-order valence-electron chi connectivity index (χ3n) is 5.02. The number of carbonyl (C=O) groups is 1. The van der Waals surface area contributed by atoms with E-state index in [1.165, 1.54) is 16.8 Å². The molecular weight excluding hydrogens is 286 g/mol. The van der Waals surface area contributed by atoms with Gasteiger partial charge in [-0.25, -0.2) is 5.84 Å². The molecule has 1 aliphatic heterocycles. The average molecular weight is 317 g/mol. The Labute approximate surface area is 140 Å². The lowest BCUT2D eigenvalue weighted by atomic mass is 9.78. The summed E-state index contributed by atoms with van der Waals surface area (Å²) in [6, 6.07) is 6.35. The summed E-state index contributed by atoms with van der Waals surface area (Å²) >= 11 is 0. The average Bonchev–Trinajstić information content (AvgIpc) is 2.49. The van der Waals surface area contributed by atoms with Crippen molar-refractivity contribution in [1.82, 2.24) is 5.43 Å². The fourth-order valence-corrected chi connectivity index (χ4v) is 4.03. The van der Waals surface area contributed by atoms with E-state index in [0.29, 0.717) is 5.92 Å². The van der Waals surface area contributed by atoms with Gasteiger partial charge in [0.1, 0.15) is 6.04 Å². The van der Waals surface area contributed by atoms with E-state index in [-0.39, 0.29) is 17.5 Å². The van der Waals surface area contributed by atoms with Gasteiger partial charge in [-0.15, -0.1) is 0 Å². The van der Waals surface area contributed by atoms with E-state index in [1.807, 2.05) is 0 Å². The summed E-state index contributed by atoms with van der Waals surface area (Å²) in [5.41, 5.74) is 6.10. The minimum atomic E-state index is -0.219. The number of amides is 1. The van der Waals surface area contributed by atoms with E-state index in [0.717, 1.165) is 25.7 Å². The van der Waals surface area contributed by atoms with Crippen molar-refractivity contribution in [2.75, 3.05) is 4.90 Å². The fourth-order valence-electron chi connectivity index (χ4n) is 4.03. The number of carbonyl (C=O) groups excluding carboxylic acids is 1. The van der Waals surface area contributed by atoms with Gasteiger partial charge in [0.15, 0.2) is 0 Å². The molecule has 1 aliphatic rings. The van der Waals surface area contributed by atoms with Crippen LogP contribution in [-0.4, -0.2) is 17.5 Å². The third-order valence-corrected chi connectivity index (χ3v) is 5.02. The van der Waals surface area contributed by atoms with E-state index in [9.17, 15) is 4.79 Å². The Bertz CT molecular complexity index is 568. The first-order valence-electron chi connectivity index (χ1n) is 8.72. The van der Waals surface area contributed by atoms with Crippen molar-refractivity contribution < 1.29 is 4.79 Å². The second-order valence-electron chi connectivity index (χ2n) is 7.52. The van der Waals surface area contributed by atoms with Crippen molar-refractivity contribution in [3.8, 4) is 0 Å². The van der Waals surface area contributed by atoms with Crippen LogP contribution in [0.3, 0.4) is 0 Å². The zero-order valence-corrected chi connectivity index (χ0v) is 15.1. The Kier molecular flexibility index (Phi) is 5.35. The monoisotopic (exact) mass is 317 g/mol. The number of rotatable bonds is 5. The quantitative estimate of drug-likeness (QED) is 0.495. The molecule has 1 heterocycles. The van der Waals surface area contributed by atoms with Crippen molar-refractivity contribution in [2.24, 2.45) is 5.84 Å². The topological polar surface area (TPSA) is 58.4 Å². The summed E-state index contributed by atoms with van der Waals surface area (Å²) in [5, 5.41) is 0. The van der Waals surface area contributed by atoms with E-state index < -0.39 is 0 Å². The van der Waals surface area contributed by atoms with Crippen LogP contribution in [0.15, 0.2) is 18.2 Å². The zero-order valence-electron chi connectivity index (χ0n) is 15.1. The molecule has 1 aromatic rings. The van der Waals surface area contributed by atoms with Gasteiger partial charge in [-0.05, 0) is 51.2 Å². The molecule has 4 nitrogen and oxygen atoms in total. The molecule has 4 heteroatoms. The normalized spacial score (nSPS) is 20.8. The van der Waals surface area contributed by atoms with Crippen molar-refractivity contribution >= 4 is 11.6 Å². The number of benzene rings is 1. The Balaban J connectivity index is 2.52. The minimum Gasteiger partial charge on any atom is -0.354 e. The standard InChI is InChI=1S/C19H31N3O/c1-6-7-8-17(18(23)21-20)22-16-10-9-13(2)11-15(16)14(3)12-19(22,4)5/h9-11,14,17H,6-8,12,20H2,1-5H3,(H,21,23)/t14-,17+/m1/s1. The molecule has 128 valence electrons. The number of fused-ring (bicyclic) bond motifs is 1. The molecule has 0 spiro atoms. The maximum absolute atomic E-state index is 12.5. The van der Waals surface area contributed by atoms with Crippen LogP contribution in [0.5, 0.6) is 0 Å². The summed E-state index contributed by atoms with van der Waals surface area (Å²) in [4.78, 5) is 14.8. The molecule has 3 N–H and O–H groups in total. The highest BCUT2D eigenvalue weighted by Crippen LogP contribution is 2.45. The van der Waals surface area contributed by atoms with Gasteiger partial charge in [0.05, 0.1) is 0 Å². The van der Waals surface area contributed by atoms with Crippen molar-refractivity contribution in [3.63, 3.8) is 0 Å². The SMILES string of the molecule is CCCC[C@@H](C(=O)NN)N1c2ccc(C)cc2[C@H](C)CC1(C)C. The first-order valence-corrected chi connectivity index (χ1v) is 8.72. The highest BCUT2D eigenvalue weighted by molar-refractivity contribution is 5.86. The van der Waals surface area contributed by atoms with Gasteiger partial charge in [-0.2, -0.15) is 0 Å². The lowest BCUT2D eigenvalue weighted by Crippen LogP contribution is -2.59. The number of aryl methyl sites for hydroxylation is 1. The molecule has 0 unspecified atom stereocenters. The van der Waals surface area contributed by atoms with Crippen LogP contribution in [0.2, 0.25) is 0 Å². The summed E-state index contributed by atoms with van der Waals surface area (Å²) in [6.07, 6.45) is 3.94. The van der Waals surface area contributed by atoms with Crippen molar-refractivity contribution in [1.29, 1.82) is 0 Å². The summed E-state index contributed by atoms with van der Waals surface area (Å²) in [7, 11) is 0. The number of hydrogen-bond acceptors (Lipinski definition) is 3. The molecule has 0 saturated heterocycles. The van der Waals surface area contributed by atoms with Crippen LogP contribution < -0.4 is 16.2 Å². The van der Waals surface area contributed by atoms with Gasteiger partial charge in [0, 0.05) is 11.2 Å². The molecule has 2 rings (SSSR count). The van der Waals surface area contributed by atoms with Gasteiger partial charge < -0.3 is 4.90 Å². The number of nitrogens with one attached hydrogen (secondary N) is 1. The third kappa shape index (κ3) is 3.52. The first-order chi connectivity index (χ1) is 10.8. The minimum absolute atomic E-state index is 0.0768. The fraction of sp³-hybridized carbons (Fsp3) is 0.632. The molecular formula is C19H31N3O. The number of anilines is 1. The Morgan fingerprint density at radius 3 is 2.78 bits per heavy atom. The van der Waals surface area contributed by atoms with Gasteiger partial charge in [0.25, 0.3) is 5.91 Å². The molecule has 1 amide bonds. The number of nitrogens with zero attached hydrogens (tertiary/aromatic N) is 1. The maximum atomic E-state index is 12.5. The van der Waals surface area contributed by atoms with E-state index in [2.05, 4.69) is 63.1 Å². The molecule has 0 aromatic heterocycles. The van der Waals surface area contributed by atoms with Gasteiger partial charge in [0.2, 0.25) is 0 Å². The van der Waals surface area contributed by atoms with E-state index >= 15 is 0 Å². The predicted molar refractivity (Wildman–Crippen MR) is 96.4 cm³/mol. The van der Waals surface area contributed by atoms with E-state index in [1.54, 1.807) is 0 Å². The van der Waals surface area contributed by atoms with Crippen LogP contribution in [0.25, 0.3) is 0 Å². The molecule has 0 bridgehead atoms. The summed E-state index contributed by atoms with van der Waals surface area (Å²) in [6.45, 7) is 11.0. The Morgan fingerprint density at radius 2 is 2.17 bits per heavy atom. The molecule has 0 aliphatic carbocycles.